The van der Waals surface area contributed by atoms with E-state index in [1.54, 1.807) is 0 Å². The highest BCUT2D eigenvalue weighted by atomic mass is 35.5. The van der Waals surface area contributed by atoms with Crippen LogP contribution >= 0.6 is 23.2 Å². The standard InChI is InChI=1S/C9H10Cl2O4/c10-4-1-5(8(14)6(11)2-4)9(15)7(13)3-12/h1-2,7,9,12-15H,3H2. The molecule has 1 aromatic rings. The van der Waals surface area contributed by atoms with Gasteiger partial charge >= 0.3 is 0 Å². The molecule has 0 fully saturated rings. The molecule has 0 amide bonds. The summed E-state index contributed by atoms with van der Waals surface area (Å²) in [6.07, 6.45) is -2.84. The molecule has 84 valence electrons. The Labute approximate surface area is 96.3 Å². The third-order valence-corrected chi connectivity index (χ3v) is 2.43. The maximum atomic E-state index is 9.53. The Morgan fingerprint density at radius 2 is 1.80 bits per heavy atom. The summed E-state index contributed by atoms with van der Waals surface area (Å²) >= 11 is 11.3. The number of phenols is 1. The number of benzene rings is 1. The van der Waals surface area contributed by atoms with Crippen molar-refractivity contribution in [1.29, 1.82) is 0 Å². The predicted molar refractivity (Wildman–Crippen MR) is 56.2 cm³/mol. The molecule has 0 aliphatic carbocycles. The van der Waals surface area contributed by atoms with Crippen LogP contribution in [0.5, 0.6) is 5.75 Å². The molecular weight excluding hydrogens is 243 g/mol. The predicted octanol–water partition coefficient (Wildman–Crippen LogP) is 1.09. The molecular formula is C9H10Cl2O4. The Morgan fingerprint density at radius 3 is 2.33 bits per heavy atom. The molecule has 4 nitrogen and oxygen atoms in total. The van der Waals surface area contributed by atoms with Crippen LogP contribution in [0, 0.1) is 0 Å². The van der Waals surface area contributed by atoms with Crippen molar-refractivity contribution in [3.8, 4) is 5.75 Å². The van der Waals surface area contributed by atoms with Gasteiger partial charge in [0.25, 0.3) is 0 Å². The topological polar surface area (TPSA) is 80.9 Å². The highest BCUT2D eigenvalue weighted by Gasteiger charge is 2.22. The van der Waals surface area contributed by atoms with Crippen molar-refractivity contribution in [2.75, 3.05) is 6.61 Å². The van der Waals surface area contributed by atoms with Gasteiger partial charge in [0.05, 0.1) is 11.6 Å². The van der Waals surface area contributed by atoms with E-state index in [-0.39, 0.29) is 21.4 Å². The molecule has 6 heteroatoms. The molecule has 0 bridgehead atoms. The second-order valence-electron chi connectivity index (χ2n) is 3.02. The minimum atomic E-state index is -1.44. The molecule has 1 rings (SSSR count). The zero-order valence-electron chi connectivity index (χ0n) is 7.56. The van der Waals surface area contributed by atoms with Crippen LogP contribution in [0.1, 0.15) is 11.7 Å². The summed E-state index contributed by atoms with van der Waals surface area (Å²) in [5.74, 6) is -0.360. The smallest absolute Gasteiger partial charge is 0.140 e. The highest BCUT2D eigenvalue weighted by Crippen LogP contribution is 2.35. The second kappa shape index (κ2) is 5.01. The van der Waals surface area contributed by atoms with Crippen molar-refractivity contribution in [3.05, 3.63) is 27.7 Å². The van der Waals surface area contributed by atoms with E-state index in [2.05, 4.69) is 0 Å². The van der Waals surface area contributed by atoms with Gasteiger partial charge in [-0.25, -0.2) is 0 Å². The monoisotopic (exact) mass is 252 g/mol. The summed E-state index contributed by atoms with van der Waals surface area (Å²) in [6, 6.07) is 2.58. The third kappa shape index (κ3) is 2.74. The molecule has 0 radical (unpaired) electrons. The summed E-state index contributed by atoms with van der Waals surface area (Å²) in [5.41, 5.74) is -0.0194. The van der Waals surface area contributed by atoms with Crippen molar-refractivity contribution < 1.29 is 20.4 Å². The average molecular weight is 253 g/mol. The van der Waals surface area contributed by atoms with Gasteiger partial charge in [-0.05, 0) is 12.1 Å². The molecule has 4 N–H and O–H groups in total. The van der Waals surface area contributed by atoms with E-state index in [9.17, 15) is 15.3 Å². The number of aliphatic hydroxyl groups excluding tert-OH is 3. The van der Waals surface area contributed by atoms with Gasteiger partial charge in [-0.15, -0.1) is 0 Å². The van der Waals surface area contributed by atoms with Crippen molar-refractivity contribution >= 4 is 23.2 Å². The lowest BCUT2D eigenvalue weighted by atomic mass is 10.0. The molecule has 0 aliphatic heterocycles. The number of halogens is 2. The Kier molecular flexibility index (Phi) is 4.19. The quantitative estimate of drug-likeness (QED) is 0.649. The second-order valence-corrected chi connectivity index (χ2v) is 3.86. The first-order valence-corrected chi connectivity index (χ1v) is 4.88. The van der Waals surface area contributed by atoms with Gasteiger partial charge in [0.2, 0.25) is 0 Å². The maximum Gasteiger partial charge on any atom is 0.140 e. The Hall–Kier alpha value is -0.520. The summed E-state index contributed by atoms with van der Waals surface area (Å²) in [7, 11) is 0. The molecule has 15 heavy (non-hydrogen) atoms. The lowest BCUT2D eigenvalue weighted by molar-refractivity contribution is -0.0162. The Morgan fingerprint density at radius 1 is 1.20 bits per heavy atom. The van der Waals surface area contributed by atoms with Gasteiger partial charge in [0, 0.05) is 10.6 Å². The van der Waals surface area contributed by atoms with Gasteiger partial charge in [0.15, 0.2) is 0 Å². The van der Waals surface area contributed by atoms with Crippen LogP contribution in [-0.2, 0) is 0 Å². The van der Waals surface area contributed by atoms with Crippen LogP contribution in [0.4, 0.5) is 0 Å². The molecule has 2 atom stereocenters. The number of rotatable bonds is 3. The van der Waals surface area contributed by atoms with Crippen LogP contribution < -0.4 is 0 Å². The van der Waals surface area contributed by atoms with Crippen LogP contribution in [0.2, 0.25) is 10.0 Å². The molecule has 0 aliphatic rings. The van der Waals surface area contributed by atoms with Gasteiger partial charge in [-0.2, -0.15) is 0 Å². The maximum absolute atomic E-state index is 9.53. The number of aromatic hydroxyl groups is 1. The fourth-order valence-electron chi connectivity index (χ4n) is 1.12. The highest BCUT2D eigenvalue weighted by molar-refractivity contribution is 6.35. The van der Waals surface area contributed by atoms with E-state index in [1.807, 2.05) is 0 Å². The summed E-state index contributed by atoms with van der Waals surface area (Å²) < 4.78 is 0. The number of phenolic OH excluding ortho intramolecular Hbond substituents is 1. The molecule has 2 unspecified atom stereocenters. The first-order chi connectivity index (χ1) is 6.97. The van der Waals surface area contributed by atoms with Gasteiger partial charge in [-0.3, -0.25) is 0 Å². The first kappa shape index (κ1) is 12.5. The van der Waals surface area contributed by atoms with E-state index >= 15 is 0 Å². The van der Waals surface area contributed by atoms with E-state index in [1.165, 1.54) is 12.1 Å². The van der Waals surface area contributed by atoms with Crippen molar-refractivity contribution in [1.82, 2.24) is 0 Å². The Bertz CT molecular complexity index is 356. The summed E-state index contributed by atoms with van der Waals surface area (Å²) in [6.45, 7) is -0.634. The van der Waals surface area contributed by atoms with Crippen LogP contribution in [-0.4, -0.2) is 33.1 Å². The normalized spacial score (nSPS) is 15.0. The Balaban J connectivity index is 3.13. The van der Waals surface area contributed by atoms with Gasteiger partial charge in [-0.1, -0.05) is 23.2 Å². The molecule has 1 aromatic carbocycles. The fraction of sp³-hybridized carbons (Fsp3) is 0.333. The molecule has 0 saturated carbocycles. The third-order valence-electron chi connectivity index (χ3n) is 1.93. The van der Waals surface area contributed by atoms with E-state index < -0.39 is 18.8 Å². The van der Waals surface area contributed by atoms with Crippen molar-refractivity contribution in [3.63, 3.8) is 0 Å². The molecule has 0 spiro atoms. The zero-order valence-corrected chi connectivity index (χ0v) is 9.07. The van der Waals surface area contributed by atoms with Crippen LogP contribution in [0.25, 0.3) is 0 Å². The molecule has 0 heterocycles. The van der Waals surface area contributed by atoms with Crippen molar-refractivity contribution in [2.45, 2.75) is 12.2 Å². The SMILES string of the molecule is OCC(O)C(O)c1cc(Cl)cc(Cl)c1O. The van der Waals surface area contributed by atoms with Gasteiger partial charge < -0.3 is 20.4 Å². The van der Waals surface area contributed by atoms with E-state index in [0.29, 0.717) is 0 Å². The van der Waals surface area contributed by atoms with E-state index in [0.717, 1.165) is 0 Å². The summed E-state index contributed by atoms with van der Waals surface area (Å²) in [4.78, 5) is 0. The minimum absolute atomic E-state index is 0.0194. The first-order valence-electron chi connectivity index (χ1n) is 4.12. The minimum Gasteiger partial charge on any atom is -0.506 e. The van der Waals surface area contributed by atoms with Gasteiger partial charge in [0.1, 0.15) is 18.0 Å². The fourth-order valence-corrected chi connectivity index (χ4v) is 1.63. The van der Waals surface area contributed by atoms with E-state index in [4.69, 9.17) is 28.3 Å². The number of aliphatic hydroxyl groups is 3. The average Bonchev–Trinajstić information content (AvgIpc) is 2.21. The zero-order chi connectivity index (χ0) is 11.6. The molecule has 0 saturated heterocycles. The number of hydrogen-bond donors (Lipinski definition) is 4. The summed E-state index contributed by atoms with van der Waals surface area (Å²) in [5, 5.41) is 37.0. The van der Waals surface area contributed by atoms with Crippen molar-refractivity contribution in [2.24, 2.45) is 0 Å². The van der Waals surface area contributed by atoms with Crippen LogP contribution in [0.3, 0.4) is 0 Å². The lowest BCUT2D eigenvalue weighted by Crippen LogP contribution is -2.22. The number of hydrogen-bond acceptors (Lipinski definition) is 4. The largest absolute Gasteiger partial charge is 0.506 e. The molecule has 0 aromatic heterocycles. The lowest BCUT2D eigenvalue weighted by Gasteiger charge is -2.17. The van der Waals surface area contributed by atoms with Crippen LogP contribution in [0.15, 0.2) is 12.1 Å².